The molecule has 84 valence electrons. The maximum atomic E-state index is 3.56. The van der Waals surface area contributed by atoms with E-state index in [1.807, 2.05) is 11.8 Å². The van der Waals surface area contributed by atoms with Crippen LogP contribution in [0.4, 0.5) is 0 Å². The van der Waals surface area contributed by atoms with Crippen molar-refractivity contribution in [2.45, 2.75) is 26.3 Å². The number of hydrogen-bond donors (Lipinski definition) is 1. The molecule has 0 spiro atoms. The summed E-state index contributed by atoms with van der Waals surface area (Å²) in [4.78, 5) is 0. The molecular formula is C13H21NS. The van der Waals surface area contributed by atoms with Gasteiger partial charge in [0.25, 0.3) is 0 Å². The summed E-state index contributed by atoms with van der Waals surface area (Å²) >= 11 is 1.91. The van der Waals surface area contributed by atoms with Crippen LogP contribution in [-0.4, -0.2) is 18.6 Å². The fourth-order valence-corrected chi connectivity index (χ4v) is 2.15. The first kappa shape index (κ1) is 12.6. The van der Waals surface area contributed by atoms with Crippen molar-refractivity contribution in [1.29, 1.82) is 0 Å². The minimum atomic E-state index is 0.466. The van der Waals surface area contributed by atoms with Gasteiger partial charge in [0, 0.05) is 6.04 Å². The zero-order valence-electron chi connectivity index (χ0n) is 9.92. The van der Waals surface area contributed by atoms with Crippen LogP contribution in [0.5, 0.6) is 0 Å². The van der Waals surface area contributed by atoms with Crippen LogP contribution in [0.15, 0.2) is 24.3 Å². The molecule has 1 aromatic rings. The van der Waals surface area contributed by atoms with Gasteiger partial charge in [0.15, 0.2) is 0 Å². The number of rotatable bonds is 6. The quantitative estimate of drug-likeness (QED) is 0.742. The number of benzene rings is 1. The van der Waals surface area contributed by atoms with E-state index in [0.717, 1.165) is 6.54 Å². The van der Waals surface area contributed by atoms with E-state index in [4.69, 9.17) is 0 Å². The standard InChI is InChI=1S/C13H21NS/c1-11-7-4-5-8-13(11)12(2)14-9-6-10-15-3/h4-5,7-8,12,14H,6,9-10H2,1-3H3/t12-/m0/s1. The second kappa shape index (κ2) is 6.91. The first-order valence-electron chi connectivity index (χ1n) is 5.53. The zero-order valence-corrected chi connectivity index (χ0v) is 10.7. The number of aryl methyl sites for hydroxylation is 1. The molecule has 1 N–H and O–H groups in total. The Morgan fingerprint density at radius 2 is 2.07 bits per heavy atom. The van der Waals surface area contributed by atoms with Crippen molar-refractivity contribution in [3.8, 4) is 0 Å². The molecule has 15 heavy (non-hydrogen) atoms. The summed E-state index contributed by atoms with van der Waals surface area (Å²) in [6.45, 7) is 5.52. The number of thioether (sulfide) groups is 1. The van der Waals surface area contributed by atoms with Gasteiger partial charge in [-0.25, -0.2) is 0 Å². The van der Waals surface area contributed by atoms with E-state index in [9.17, 15) is 0 Å². The van der Waals surface area contributed by atoms with Gasteiger partial charge in [0.1, 0.15) is 0 Å². The lowest BCUT2D eigenvalue weighted by molar-refractivity contribution is 0.570. The Hall–Kier alpha value is -0.470. The Labute approximate surface area is 97.7 Å². The highest BCUT2D eigenvalue weighted by atomic mass is 32.2. The van der Waals surface area contributed by atoms with Crippen molar-refractivity contribution in [2.75, 3.05) is 18.6 Å². The van der Waals surface area contributed by atoms with E-state index in [2.05, 4.69) is 49.7 Å². The largest absolute Gasteiger partial charge is 0.310 e. The first-order valence-corrected chi connectivity index (χ1v) is 6.93. The highest BCUT2D eigenvalue weighted by molar-refractivity contribution is 7.98. The second-order valence-electron chi connectivity index (χ2n) is 3.88. The Morgan fingerprint density at radius 1 is 1.33 bits per heavy atom. The molecule has 0 saturated carbocycles. The van der Waals surface area contributed by atoms with E-state index in [1.54, 1.807) is 0 Å². The summed E-state index contributed by atoms with van der Waals surface area (Å²) < 4.78 is 0. The molecule has 0 heterocycles. The Kier molecular flexibility index (Phi) is 5.81. The fraction of sp³-hybridized carbons (Fsp3) is 0.538. The van der Waals surface area contributed by atoms with E-state index >= 15 is 0 Å². The summed E-state index contributed by atoms with van der Waals surface area (Å²) in [5, 5.41) is 3.56. The normalized spacial score (nSPS) is 12.7. The molecule has 0 amide bonds. The Balaban J connectivity index is 2.40. The molecule has 0 saturated heterocycles. The van der Waals surface area contributed by atoms with Crippen LogP contribution >= 0.6 is 11.8 Å². The molecule has 0 aliphatic carbocycles. The molecule has 0 aromatic heterocycles. The lowest BCUT2D eigenvalue weighted by Gasteiger charge is -2.16. The van der Waals surface area contributed by atoms with E-state index in [1.165, 1.54) is 23.3 Å². The van der Waals surface area contributed by atoms with Gasteiger partial charge in [-0.05, 0) is 49.9 Å². The van der Waals surface area contributed by atoms with Gasteiger partial charge < -0.3 is 5.32 Å². The number of hydrogen-bond acceptors (Lipinski definition) is 2. The maximum Gasteiger partial charge on any atom is 0.0294 e. The van der Waals surface area contributed by atoms with E-state index in [-0.39, 0.29) is 0 Å². The third-order valence-electron chi connectivity index (χ3n) is 2.63. The molecular weight excluding hydrogens is 202 g/mol. The smallest absolute Gasteiger partial charge is 0.0294 e. The maximum absolute atomic E-state index is 3.56. The van der Waals surface area contributed by atoms with Crippen molar-refractivity contribution in [2.24, 2.45) is 0 Å². The molecule has 0 aliphatic rings. The monoisotopic (exact) mass is 223 g/mol. The summed E-state index contributed by atoms with van der Waals surface area (Å²) in [5.41, 5.74) is 2.80. The van der Waals surface area contributed by atoms with Crippen LogP contribution < -0.4 is 5.32 Å². The van der Waals surface area contributed by atoms with Gasteiger partial charge in [0.2, 0.25) is 0 Å². The van der Waals surface area contributed by atoms with E-state index < -0.39 is 0 Å². The predicted molar refractivity (Wildman–Crippen MR) is 70.6 cm³/mol. The lowest BCUT2D eigenvalue weighted by atomic mass is 10.0. The Morgan fingerprint density at radius 3 is 2.73 bits per heavy atom. The predicted octanol–water partition coefficient (Wildman–Crippen LogP) is 3.40. The second-order valence-corrected chi connectivity index (χ2v) is 4.86. The molecule has 1 nitrogen and oxygen atoms in total. The van der Waals surface area contributed by atoms with Gasteiger partial charge in [-0.3, -0.25) is 0 Å². The van der Waals surface area contributed by atoms with Crippen LogP contribution in [0.2, 0.25) is 0 Å². The topological polar surface area (TPSA) is 12.0 Å². The molecule has 0 fully saturated rings. The van der Waals surface area contributed by atoms with Crippen molar-refractivity contribution in [1.82, 2.24) is 5.32 Å². The van der Waals surface area contributed by atoms with Gasteiger partial charge in [0.05, 0.1) is 0 Å². The molecule has 0 bridgehead atoms. The number of nitrogens with one attached hydrogen (secondary N) is 1. The average molecular weight is 223 g/mol. The minimum Gasteiger partial charge on any atom is -0.310 e. The van der Waals surface area contributed by atoms with Crippen LogP contribution in [0.1, 0.15) is 30.5 Å². The zero-order chi connectivity index (χ0) is 11.1. The van der Waals surface area contributed by atoms with Crippen molar-refractivity contribution in [3.05, 3.63) is 35.4 Å². The van der Waals surface area contributed by atoms with Crippen molar-refractivity contribution >= 4 is 11.8 Å². The third-order valence-corrected chi connectivity index (χ3v) is 3.33. The molecule has 1 rings (SSSR count). The lowest BCUT2D eigenvalue weighted by Crippen LogP contribution is -2.20. The van der Waals surface area contributed by atoms with Crippen LogP contribution in [0.3, 0.4) is 0 Å². The molecule has 1 atom stereocenters. The van der Waals surface area contributed by atoms with Crippen molar-refractivity contribution in [3.63, 3.8) is 0 Å². The summed E-state index contributed by atoms with van der Waals surface area (Å²) in [5.74, 6) is 1.24. The molecule has 2 heteroatoms. The summed E-state index contributed by atoms with van der Waals surface area (Å²) in [6, 6.07) is 9.06. The van der Waals surface area contributed by atoms with Gasteiger partial charge in [-0.1, -0.05) is 24.3 Å². The van der Waals surface area contributed by atoms with E-state index in [0.29, 0.717) is 6.04 Å². The fourth-order valence-electron chi connectivity index (χ4n) is 1.72. The summed E-state index contributed by atoms with van der Waals surface area (Å²) in [7, 11) is 0. The highest BCUT2D eigenvalue weighted by Crippen LogP contribution is 2.16. The average Bonchev–Trinajstić information content (AvgIpc) is 2.25. The van der Waals surface area contributed by atoms with Gasteiger partial charge in [-0.2, -0.15) is 11.8 Å². The van der Waals surface area contributed by atoms with Crippen LogP contribution in [0, 0.1) is 6.92 Å². The van der Waals surface area contributed by atoms with Crippen LogP contribution in [0.25, 0.3) is 0 Å². The van der Waals surface area contributed by atoms with Gasteiger partial charge >= 0.3 is 0 Å². The van der Waals surface area contributed by atoms with Crippen LogP contribution in [-0.2, 0) is 0 Å². The molecule has 0 aliphatic heterocycles. The molecule has 0 unspecified atom stereocenters. The first-order chi connectivity index (χ1) is 7.25. The summed E-state index contributed by atoms with van der Waals surface area (Å²) in [6.07, 6.45) is 3.40. The minimum absolute atomic E-state index is 0.466. The third kappa shape index (κ3) is 4.27. The van der Waals surface area contributed by atoms with Gasteiger partial charge in [-0.15, -0.1) is 0 Å². The molecule has 0 radical (unpaired) electrons. The Bertz CT molecular complexity index is 286. The SMILES string of the molecule is CSCCCN[C@@H](C)c1ccccc1C. The highest BCUT2D eigenvalue weighted by Gasteiger charge is 2.05. The van der Waals surface area contributed by atoms with Crippen molar-refractivity contribution < 1.29 is 0 Å². The molecule has 1 aromatic carbocycles.